The lowest BCUT2D eigenvalue weighted by atomic mass is 10.1. The van der Waals surface area contributed by atoms with Crippen molar-refractivity contribution in [1.29, 1.82) is 0 Å². The van der Waals surface area contributed by atoms with Gasteiger partial charge in [0, 0.05) is 25.7 Å². The van der Waals surface area contributed by atoms with Gasteiger partial charge in [0.25, 0.3) is 0 Å². The van der Waals surface area contributed by atoms with Crippen LogP contribution in [0.2, 0.25) is 0 Å². The van der Waals surface area contributed by atoms with Gasteiger partial charge in [0.1, 0.15) is 11.0 Å². The van der Waals surface area contributed by atoms with E-state index in [1.807, 2.05) is 71.1 Å². The lowest BCUT2D eigenvalue weighted by Gasteiger charge is -2.30. The molecule has 1 aromatic heterocycles. The molecule has 30 heavy (non-hydrogen) atoms. The van der Waals surface area contributed by atoms with E-state index in [1.54, 1.807) is 7.11 Å². The summed E-state index contributed by atoms with van der Waals surface area (Å²) in [6, 6.07) is 17.5. The Hall–Kier alpha value is -2.84. The molecule has 2 aromatic carbocycles. The molecular formula is C22H24N4O3S. The molecule has 1 fully saturated rings. The Labute approximate surface area is 180 Å². The second-order valence-corrected chi connectivity index (χ2v) is 8.01. The highest BCUT2D eigenvalue weighted by atomic mass is 32.2. The normalized spacial score (nSPS) is 15.1. The van der Waals surface area contributed by atoms with Gasteiger partial charge in [-0.25, -0.2) is 0 Å². The first kappa shape index (κ1) is 20.4. The van der Waals surface area contributed by atoms with Crippen LogP contribution in [0.5, 0.6) is 5.75 Å². The molecule has 1 saturated heterocycles. The molecule has 3 aromatic rings. The van der Waals surface area contributed by atoms with Crippen LogP contribution >= 0.6 is 11.8 Å². The summed E-state index contributed by atoms with van der Waals surface area (Å²) in [5.74, 6) is 1.60. The third-order valence-corrected chi connectivity index (χ3v) is 6.33. The van der Waals surface area contributed by atoms with Crippen molar-refractivity contribution in [3.63, 3.8) is 0 Å². The van der Waals surface area contributed by atoms with Gasteiger partial charge in [0.05, 0.1) is 20.3 Å². The summed E-state index contributed by atoms with van der Waals surface area (Å²) in [6.07, 6.45) is 0. The van der Waals surface area contributed by atoms with Crippen LogP contribution in [0.4, 0.5) is 0 Å². The zero-order valence-corrected chi connectivity index (χ0v) is 17.8. The van der Waals surface area contributed by atoms with E-state index in [0.717, 1.165) is 22.7 Å². The average molecular weight is 425 g/mol. The molecular weight excluding hydrogens is 400 g/mol. The molecule has 1 aliphatic heterocycles. The molecule has 0 spiro atoms. The largest absolute Gasteiger partial charge is 0.497 e. The maximum Gasteiger partial charge on any atom is 0.240 e. The highest BCUT2D eigenvalue weighted by Crippen LogP contribution is 2.37. The Morgan fingerprint density at radius 2 is 1.77 bits per heavy atom. The van der Waals surface area contributed by atoms with E-state index in [2.05, 4.69) is 10.2 Å². The number of nitrogens with zero attached hydrogens (tertiary/aromatic N) is 4. The summed E-state index contributed by atoms with van der Waals surface area (Å²) < 4.78 is 12.6. The minimum absolute atomic E-state index is 0.0727. The van der Waals surface area contributed by atoms with E-state index in [0.29, 0.717) is 31.5 Å². The van der Waals surface area contributed by atoms with Gasteiger partial charge in [0.15, 0.2) is 11.0 Å². The number of carbonyl (C=O) groups is 1. The van der Waals surface area contributed by atoms with Crippen molar-refractivity contribution >= 4 is 17.7 Å². The fraction of sp³-hybridized carbons (Fsp3) is 0.318. The first-order chi connectivity index (χ1) is 14.7. The SMILES string of the molecule is COc1ccc(-c2nnc(S[C@H](C(=O)N3CCOCC3)c3ccccc3)n2C)cc1. The third kappa shape index (κ3) is 4.34. The van der Waals surface area contributed by atoms with E-state index in [9.17, 15) is 4.79 Å². The third-order valence-electron chi connectivity index (χ3n) is 5.06. The standard InChI is InChI=1S/C22H24N4O3S/c1-25-20(17-8-10-18(28-2)11-9-17)23-24-22(25)30-19(16-6-4-3-5-7-16)21(27)26-12-14-29-15-13-26/h3-11,19H,12-15H2,1-2H3/t19-/m0/s1. The maximum atomic E-state index is 13.3. The molecule has 2 heterocycles. The quantitative estimate of drug-likeness (QED) is 0.566. The lowest BCUT2D eigenvalue weighted by Crippen LogP contribution is -2.42. The maximum absolute atomic E-state index is 13.3. The van der Waals surface area contributed by atoms with Crippen LogP contribution in [0.3, 0.4) is 0 Å². The molecule has 1 aliphatic rings. The number of thioether (sulfide) groups is 1. The second-order valence-electron chi connectivity index (χ2n) is 6.94. The van der Waals surface area contributed by atoms with Gasteiger partial charge in [-0.2, -0.15) is 0 Å². The van der Waals surface area contributed by atoms with Gasteiger partial charge < -0.3 is 18.9 Å². The zero-order chi connectivity index (χ0) is 20.9. The van der Waals surface area contributed by atoms with Gasteiger partial charge >= 0.3 is 0 Å². The predicted octanol–water partition coefficient (Wildman–Crippen LogP) is 3.18. The number of aromatic nitrogens is 3. The van der Waals surface area contributed by atoms with Gasteiger partial charge in [-0.05, 0) is 29.8 Å². The lowest BCUT2D eigenvalue weighted by molar-refractivity contribution is -0.134. The molecule has 0 aliphatic carbocycles. The Kier molecular flexibility index (Phi) is 6.35. The molecule has 8 heteroatoms. The van der Waals surface area contributed by atoms with Gasteiger partial charge in [-0.3, -0.25) is 4.79 Å². The van der Waals surface area contributed by atoms with Crippen molar-refractivity contribution in [2.45, 2.75) is 10.4 Å². The molecule has 0 unspecified atom stereocenters. The van der Waals surface area contributed by atoms with Crippen molar-refractivity contribution in [3.8, 4) is 17.1 Å². The number of methoxy groups -OCH3 is 1. The predicted molar refractivity (Wildman–Crippen MR) is 115 cm³/mol. The zero-order valence-electron chi connectivity index (χ0n) is 17.0. The number of hydrogen-bond acceptors (Lipinski definition) is 6. The summed E-state index contributed by atoms with van der Waals surface area (Å²) >= 11 is 1.43. The molecule has 0 saturated carbocycles. The van der Waals surface area contributed by atoms with E-state index in [4.69, 9.17) is 9.47 Å². The minimum atomic E-state index is -0.393. The Morgan fingerprint density at radius 1 is 1.07 bits per heavy atom. The van der Waals surface area contributed by atoms with Crippen molar-refractivity contribution in [2.24, 2.45) is 7.05 Å². The number of rotatable bonds is 6. The van der Waals surface area contributed by atoms with Crippen molar-refractivity contribution < 1.29 is 14.3 Å². The van der Waals surface area contributed by atoms with E-state index < -0.39 is 5.25 Å². The molecule has 0 radical (unpaired) electrons. The number of carbonyl (C=O) groups excluding carboxylic acids is 1. The number of morpholine rings is 1. The second kappa shape index (κ2) is 9.32. The van der Waals surface area contributed by atoms with Crippen molar-refractivity contribution in [3.05, 3.63) is 60.2 Å². The minimum Gasteiger partial charge on any atom is -0.497 e. The van der Waals surface area contributed by atoms with Gasteiger partial charge in [-0.15, -0.1) is 10.2 Å². The number of benzene rings is 2. The molecule has 1 atom stereocenters. The van der Waals surface area contributed by atoms with Crippen LogP contribution in [0, 0.1) is 0 Å². The molecule has 156 valence electrons. The Bertz CT molecular complexity index is 985. The van der Waals surface area contributed by atoms with Crippen molar-refractivity contribution in [2.75, 3.05) is 33.4 Å². The summed E-state index contributed by atoms with van der Waals surface area (Å²) in [4.78, 5) is 15.2. The summed E-state index contributed by atoms with van der Waals surface area (Å²) in [6.45, 7) is 2.37. The fourth-order valence-electron chi connectivity index (χ4n) is 3.35. The van der Waals surface area contributed by atoms with Crippen LogP contribution in [-0.2, 0) is 16.6 Å². The topological polar surface area (TPSA) is 69.5 Å². The summed E-state index contributed by atoms with van der Waals surface area (Å²) in [7, 11) is 3.56. The molecule has 7 nitrogen and oxygen atoms in total. The van der Waals surface area contributed by atoms with Gasteiger partial charge in [-0.1, -0.05) is 42.1 Å². The smallest absolute Gasteiger partial charge is 0.240 e. The van der Waals surface area contributed by atoms with Crippen LogP contribution in [0.15, 0.2) is 59.8 Å². The van der Waals surface area contributed by atoms with Crippen molar-refractivity contribution in [1.82, 2.24) is 19.7 Å². The van der Waals surface area contributed by atoms with Crippen LogP contribution < -0.4 is 4.74 Å². The fourth-order valence-corrected chi connectivity index (χ4v) is 4.44. The number of ether oxygens (including phenoxy) is 2. The van der Waals surface area contributed by atoms with Crippen LogP contribution in [0.25, 0.3) is 11.4 Å². The Morgan fingerprint density at radius 3 is 2.43 bits per heavy atom. The van der Waals surface area contributed by atoms with Crippen LogP contribution in [-0.4, -0.2) is 59.0 Å². The first-order valence-electron chi connectivity index (χ1n) is 9.79. The first-order valence-corrected chi connectivity index (χ1v) is 10.7. The van der Waals surface area contributed by atoms with E-state index >= 15 is 0 Å². The van der Waals surface area contributed by atoms with E-state index in [1.165, 1.54) is 11.8 Å². The highest BCUT2D eigenvalue weighted by molar-refractivity contribution is 8.00. The molecule has 4 rings (SSSR count). The number of amides is 1. The van der Waals surface area contributed by atoms with Gasteiger partial charge in [0.2, 0.25) is 5.91 Å². The monoisotopic (exact) mass is 424 g/mol. The Balaban J connectivity index is 1.61. The van der Waals surface area contributed by atoms with Crippen LogP contribution in [0.1, 0.15) is 10.8 Å². The highest BCUT2D eigenvalue weighted by Gasteiger charge is 2.30. The molecule has 0 bridgehead atoms. The summed E-state index contributed by atoms with van der Waals surface area (Å²) in [5.41, 5.74) is 1.89. The molecule has 1 amide bonds. The average Bonchev–Trinajstić information content (AvgIpc) is 3.18. The number of hydrogen-bond donors (Lipinski definition) is 0. The molecule has 0 N–H and O–H groups in total. The summed E-state index contributed by atoms with van der Waals surface area (Å²) in [5, 5.41) is 9.04. The van der Waals surface area contributed by atoms with E-state index in [-0.39, 0.29) is 5.91 Å².